The maximum absolute atomic E-state index is 10.9. The molecule has 180 valence electrons. The Morgan fingerprint density at radius 2 is 1.11 bits per heavy atom. The quantitative estimate of drug-likeness (QED) is 0.217. The van der Waals surface area contributed by atoms with E-state index in [0.29, 0.717) is 0 Å². The Morgan fingerprint density at radius 3 is 1.38 bits per heavy atom. The van der Waals surface area contributed by atoms with Gasteiger partial charge < -0.3 is 29.8 Å². The third-order valence-electron chi connectivity index (χ3n) is 4.66. The number of carbonyl (C=O) groups excluding carboxylic acids is 2. The van der Waals surface area contributed by atoms with Crippen molar-refractivity contribution in [2.75, 3.05) is 0 Å². The van der Waals surface area contributed by atoms with Crippen LogP contribution < -0.4 is 69.3 Å². The fraction of sp³-hybridized carbons (Fsp3) is 0.167. The van der Waals surface area contributed by atoms with E-state index in [2.05, 4.69) is 29.9 Å². The van der Waals surface area contributed by atoms with Gasteiger partial charge in [-0.25, -0.2) is 9.97 Å². The minimum atomic E-state index is -1.19. The van der Waals surface area contributed by atoms with E-state index in [1.54, 1.807) is 12.4 Å². The average Bonchev–Trinajstić information content (AvgIpc) is 3.63. The molecule has 0 unspecified atom stereocenters. The van der Waals surface area contributed by atoms with E-state index >= 15 is 0 Å². The predicted molar refractivity (Wildman–Crippen MR) is 120 cm³/mol. The molecule has 4 rings (SSSR count). The Kier molecular flexibility index (Phi) is 19.7. The summed E-state index contributed by atoms with van der Waals surface area (Å²) in [7, 11) is 0. The van der Waals surface area contributed by atoms with E-state index in [0.717, 1.165) is 23.2 Å². The van der Waals surface area contributed by atoms with Gasteiger partial charge in [-0.2, -0.15) is 0 Å². The zero-order valence-electron chi connectivity index (χ0n) is 20.4. The minimum Gasteiger partial charge on any atom is -0.548 e. The first-order valence-electron chi connectivity index (χ1n) is 10.4. The van der Waals surface area contributed by atoms with Gasteiger partial charge in [-0.05, 0) is 51.4 Å². The molecule has 0 aromatic carbocycles. The first kappa shape index (κ1) is 36.2. The maximum Gasteiger partial charge on any atom is 2.00 e. The predicted octanol–water partition coefficient (Wildman–Crippen LogP) is -6.90. The SMILES string of the molecule is O=C([O-])[C@H](Cc1cnc[nH]1)N=C[C]1[CH][CH][CH][CH]1.O=C([O-])[C@H](Cc1cnc[nH]1)N=C[C]1[CH][CH][CH][CH]1.[Fe+2].[Na+].[Na+]. The maximum atomic E-state index is 10.9. The molecule has 13 heteroatoms. The first-order chi connectivity index (χ1) is 16.5. The van der Waals surface area contributed by atoms with E-state index in [4.69, 9.17) is 0 Å². The van der Waals surface area contributed by atoms with Crippen LogP contribution in [0.3, 0.4) is 0 Å². The molecule has 2 aromatic rings. The van der Waals surface area contributed by atoms with Crippen molar-refractivity contribution >= 4 is 24.4 Å². The van der Waals surface area contributed by atoms with Crippen molar-refractivity contribution in [1.82, 2.24) is 19.9 Å². The number of carboxylic acids is 2. The summed E-state index contributed by atoms with van der Waals surface area (Å²) in [6, 6.07) is -1.80. The van der Waals surface area contributed by atoms with Gasteiger partial charge in [-0.15, -0.1) is 0 Å². The normalized spacial score (nSPS) is 17.3. The molecule has 2 aliphatic rings. The topological polar surface area (TPSA) is 162 Å². The monoisotopic (exact) mass is 560 g/mol. The third kappa shape index (κ3) is 13.7. The second kappa shape index (κ2) is 20.2. The molecule has 2 fully saturated rings. The number of H-pyrrole nitrogens is 2. The smallest absolute Gasteiger partial charge is 0.548 e. The van der Waals surface area contributed by atoms with Gasteiger partial charge in [0.05, 0.1) is 36.7 Å². The molecule has 0 bridgehead atoms. The van der Waals surface area contributed by atoms with E-state index in [1.807, 2.05) is 51.4 Å². The van der Waals surface area contributed by atoms with Crippen LogP contribution in [-0.4, -0.2) is 56.4 Å². The number of hydrogen-bond donors (Lipinski definition) is 2. The number of aromatic amines is 2. The Balaban J connectivity index is 0.000000648. The zero-order valence-corrected chi connectivity index (χ0v) is 25.5. The Labute approximate surface area is 272 Å². The Morgan fingerprint density at radius 1 is 0.757 bits per heavy atom. The largest absolute Gasteiger partial charge is 2.00 e. The van der Waals surface area contributed by atoms with Crippen LogP contribution in [0.2, 0.25) is 0 Å². The number of aromatic nitrogens is 4. The van der Waals surface area contributed by atoms with E-state index in [9.17, 15) is 19.8 Å². The summed E-state index contributed by atoms with van der Waals surface area (Å²) in [5.74, 6) is -0.633. The summed E-state index contributed by atoms with van der Waals surface area (Å²) in [5.41, 5.74) is 1.44. The summed E-state index contributed by atoms with van der Waals surface area (Å²) < 4.78 is 0. The van der Waals surface area contributed by atoms with Crippen LogP contribution in [0.15, 0.2) is 35.0 Å². The van der Waals surface area contributed by atoms with Gasteiger partial charge >= 0.3 is 76.2 Å². The third-order valence-corrected chi connectivity index (χ3v) is 4.66. The summed E-state index contributed by atoms with van der Waals surface area (Å²) in [4.78, 5) is 43.2. The molecule has 0 aliphatic heterocycles. The van der Waals surface area contributed by atoms with Crippen molar-refractivity contribution in [3.63, 3.8) is 0 Å². The van der Waals surface area contributed by atoms with Gasteiger partial charge in [0, 0.05) is 60.9 Å². The number of carboxylic acid groups (broad SMARTS) is 2. The summed E-state index contributed by atoms with van der Waals surface area (Å²) >= 11 is 0. The van der Waals surface area contributed by atoms with Crippen molar-refractivity contribution in [1.29, 1.82) is 0 Å². The molecule has 2 aromatic heterocycles. The van der Waals surface area contributed by atoms with Crippen LogP contribution in [0.1, 0.15) is 11.4 Å². The van der Waals surface area contributed by atoms with Crippen molar-refractivity contribution in [2.45, 2.75) is 24.9 Å². The van der Waals surface area contributed by atoms with Crippen LogP contribution in [0.4, 0.5) is 0 Å². The van der Waals surface area contributed by atoms with E-state index < -0.39 is 24.0 Å². The van der Waals surface area contributed by atoms with Crippen molar-refractivity contribution in [2.24, 2.45) is 9.98 Å². The standard InChI is InChI=1S/2C12H12N3O2.Fe.2Na/c2*16-12(17)11(5-10-7-13-8-15-10)14-6-9-3-1-2-4-9;;;/h2*1-4,6-8,11H,5H2,(H,13,15)(H,16,17);;;/q;;+2;2*+1/p-2/t2*11-;;;/m00.../s1. The fourth-order valence-electron chi connectivity index (χ4n) is 2.91. The molecule has 10 radical (unpaired) electrons. The van der Waals surface area contributed by atoms with Gasteiger partial charge in [0.25, 0.3) is 0 Å². The summed E-state index contributed by atoms with van der Waals surface area (Å²) in [5, 5.41) is 21.9. The molecule has 2 N–H and O–H groups in total. The van der Waals surface area contributed by atoms with Crippen molar-refractivity contribution in [3.8, 4) is 0 Å². The fourth-order valence-corrected chi connectivity index (χ4v) is 2.91. The number of aliphatic imine (C=N–C) groups is 2. The number of hydrogen-bond acceptors (Lipinski definition) is 8. The van der Waals surface area contributed by atoms with Gasteiger partial charge in [-0.3, -0.25) is 9.98 Å². The van der Waals surface area contributed by atoms with Crippen LogP contribution in [0, 0.1) is 63.2 Å². The summed E-state index contributed by atoms with van der Waals surface area (Å²) in [6.45, 7) is 0. The van der Waals surface area contributed by atoms with Gasteiger partial charge in [0.15, 0.2) is 0 Å². The van der Waals surface area contributed by atoms with E-state index in [1.165, 1.54) is 25.1 Å². The van der Waals surface area contributed by atoms with E-state index in [-0.39, 0.29) is 89.0 Å². The molecule has 2 saturated carbocycles. The second-order valence-electron chi connectivity index (χ2n) is 7.22. The average molecular weight is 560 g/mol. The van der Waals surface area contributed by atoms with Crippen LogP contribution in [0.5, 0.6) is 0 Å². The number of rotatable bonds is 10. The molecule has 10 nitrogen and oxygen atoms in total. The number of imidazole rings is 2. The Hall–Kier alpha value is -0.781. The number of carbonyl (C=O) groups is 2. The first-order valence-corrected chi connectivity index (χ1v) is 10.4. The molecule has 0 spiro atoms. The molecule has 2 atom stereocenters. The Bertz CT molecular complexity index is 855. The van der Waals surface area contributed by atoms with Crippen LogP contribution in [0.25, 0.3) is 0 Å². The molecule has 0 saturated heterocycles. The van der Waals surface area contributed by atoms with Crippen molar-refractivity contribution < 1.29 is 96.0 Å². The number of nitrogens with one attached hydrogen (secondary N) is 2. The molecule has 37 heavy (non-hydrogen) atoms. The van der Waals surface area contributed by atoms with Crippen LogP contribution in [-0.2, 0) is 39.5 Å². The minimum absolute atomic E-state index is 0. The van der Waals surface area contributed by atoms with Crippen LogP contribution >= 0.6 is 0 Å². The van der Waals surface area contributed by atoms with Crippen molar-refractivity contribution in [3.05, 3.63) is 99.6 Å². The molecular formula is C24H22FeN6Na2O4+2. The summed E-state index contributed by atoms with van der Waals surface area (Å²) in [6.07, 6.45) is 24.6. The number of nitrogens with zero attached hydrogens (tertiary/aromatic N) is 4. The number of aliphatic carboxylic acids is 2. The second-order valence-corrected chi connectivity index (χ2v) is 7.22. The van der Waals surface area contributed by atoms with Gasteiger partial charge in [0.1, 0.15) is 0 Å². The molecule has 0 amide bonds. The van der Waals surface area contributed by atoms with Gasteiger partial charge in [-0.1, -0.05) is 0 Å². The molecular weight excluding hydrogens is 538 g/mol. The molecule has 2 heterocycles. The molecule has 2 aliphatic carbocycles. The van der Waals surface area contributed by atoms with Gasteiger partial charge in [0.2, 0.25) is 0 Å². The zero-order chi connectivity index (χ0) is 24.2.